The van der Waals surface area contributed by atoms with Gasteiger partial charge in [0, 0.05) is 41.7 Å². The van der Waals surface area contributed by atoms with E-state index < -0.39 is 0 Å². The Morgan fingerprint density at radius 1 is 1.27 bits per heavy atom. The molecule has 2 N–H and O–H groups in total. The van der Waals surface area contributed by atoms with E-state index in [1.54, 1.807) is 11.3 Å². The SMILES string of the molecule is CN=C(NCc1sccc1C)NCC1CCN(c2ccc(Br)cc2)C1.I. The van der Waals surface area contributed by atoms with Crippen LogP contribution in [0.1, 0.15) is 16.9 Å². The molecule has 1 saturated heterocycles. The number of nitrogens with zero attached hydrogens (tertiary/aromatic N) is 2. The molecule has 1 aromatic carbocycles. The molecule has 2 heterocycles. The molecule has 0 radical (unpaired) electrons. The summed E-state index contributed by atoms with van der Waals surface area (Å²) in [6.07, 6.45) is 1.21. The maximum atomic E-state index is 4.35. The Morgan fingerprint density at radius 2 is 2.04 bits per heavy atom. The molecule has 142 valence electrons. The molecule has 26 heavy (non-hydrogen) atoms. The molecule has 0 spiro atoms. The lowest BCUT2D eigenvalue weighted by molar-refractivity contribution is 0.566. The highest BCUT2D eigenvalue weighted by Crippen LogP contribution is 2.25. The Bertz CT molecular complexity index is 717. The number of halogens is 2. The molecular formula is C19H26BrIN4S. The normalized spacial score (nSPS) is 17.1. The number of thiophene rings is 1. The standard InChI is InChI=1S/C19H25BrN4S.HI/c1-14-8-10-25-18(14)12-23-19(21-2)22-11-15-7-9-24(13-15)17-5-3-16(20)4-6-17;/h3-6,8,10,15H,7,9,11-13H2,1-2H3,(H2,21,22,23);1H. The van der Waals surface area contributed by atoms with E-state index in [2.05, 4.69) is 79.1 Å². The Hall–Kier alpha value is -0.800. The topological polar surface area (TPSA) is 39.7 Å². The first-order valence-electron chi connectivity index (χ1n) is 8.63. The van der Waals surface area contributed by atoms with E-state index in [4.69, 9.17) is 0 Å². The quantitative estimate of drug-likeness (QED) is 0.325. The van der Waals surface area contributed by atoms with Crippen molar-refractivity contribution in [1.29, 1.82) is 0 Å². The summed E-state index contributed by atoms with van der Waals surface area (Å²) in [7, 11) is 1.83. The fraction of sp³-hybridized carbons (Fsp3) is 0.421. The second-order valence-corrected chi connectivity index (χ2v) is 8.33. The second-order valence-electron chi connectivity index (χ2n) is 6.41. The average Bonchev–Trinajstić information content (AvgIpc) is 3.25. The second kappa shape index (κ2) is 10.5. The maximum Gasteiger partial charge on any atom is 0.191 e. The van der Waals surface area contributed by atoms with Crippen LogP contribution in [0.25, 0.3) is 0 Å². The van der Waals surface area contributed by atoms with Crippen LogP contribution in [0.3, 0.4) is 0 Å². The summed E-state index contributed by atoms with van der Waals surface area (Å²) in [6, 6.07) is 10.7. The lowest BCUT2D eigenvalue weighted by Crippen LogP contribution is -2.39. The number of benzene rings is 1. The van der Waals surface area contributed by atoms with Crippen molar-refractivity contribution in [3.8, 4) is 0 Å². The zero-order chi connectivity index (χ0) is 17.6. The van der Waals surface area contributed by atoms with E-state index >= 15 is 0 Å². The fourth-order valence-electron chi connectivity index (χ4n) is 3.10. The fourth-order valence-corrected chi connectivity index (χ4v) is 4.21. The van der Waals surface area contributed by atoms with Gasteiger partial charge < -0.3 is 15.5 Å². The smallest absolute Gasteiger partial charge is 0.191 e. The summed E-state index contributed by atoms with van der Waals surface area (Å²) >= 11 is 5.29. The van der Waals surface area contributed by atoms with Gasteiger partial charge in [-0.1, -0.05) is 15.9 Å². The van der Waals surface area contributed by atoms with Crippen LogP contribution in [0.15, 0.2) is 45.2 Å². The highest BCUT2D eigenvalue weighted by molar-refractivity contribution is 14.0. The highest BCUT2D eigenvalue weighted by atomic mass is 127. The van der Waals surface area contributed by atoms with Crippen LogP contribution in [0.4, 0.5) is 5.69 Å². The molecule has 0 saturated carbocycles. The van der Waals surface area contributed by atoms with Crippen LogP contribution < -0.4 is 15.5 Å². The van der Waals surface area contributed by atoms with E-state index in [9.17, 15) is 0 Å². The Balaban J connectivity index is 0.00000243. The summed E-state index contributed by atoms with van der Waals surface area (Å²) in [5.41, 5.74) is 2.65. The molecule has 4 nitrogen and oxygen atoms in total. The van der Waals surface area contributed by atoms with Gasteiger partial charge in [0.25, 0.3) is 0 Å². The van der Waals surface area contributed by atoms with Gasteiger partial charge in [0.1, 0.15) is 0 Å². The maximum absolute atomic E-state index is 4.35. The van der Waals surface area contributed by atoms with E-state index in [1.165, 1.54) is 22.5 Å². The van der Waals surface area contributed by atoms with Gasteiger partial charge in [-0.05, 0) is 60.5 Å². The predicted molar refractivity (Wildman–Crippen MR) is 127 cm³/mol. The minimum atomic E-state index is 0. The molecule has 0 aliphatic carbocycles. The summed E-state index contributed by atoms with van der Waals surface area (Å²) < 4.78 is 1.13. The largest absolute Gasteiger partial charge is 0.371 e. The van der Waals surface area contributed by atoms with Crippen molar-refractivity contribution >= 4 is 62.9 Å². The zero-order valence-electron chi connectivity index (χ0n) is 15.2. The Kier molecular flexibility index (Phi) is 8.69. The van der Waals surface area contributed by atoms with E-state index in [1.807, 2.05) is 7.05 Å². The van der Waals surface area contributed by atoms with E-state index in [0.29, 0.717) is 5.92 Å². The number of hydrogen-bond donors (Lipinski definition) is 2. The monoisotopic (exact) mass is 548 g/mol. The molecule has 0 amide bonds. The van der Waals surface area contributed by atoms with E-state index in [0.717, 1.165) is 36.6 Å². The van der Waals surface area contributed by atoms with Crippen molar-refractivity contribution in [3.05, 3.63) is 50.6 Å². The molecule has 1 aromatic heterocycles. The van der Waals surface area contributed by atoms with Gasteiger partial charge in [0.15, 0.2) is 5.96 Å². The lowest BCUT2D eigenvalue weighted by atomic mass is 10.1. The third-order valence-corrected chi connectivity index (χ3v) is 6.20. The van der Waals surface area contributed by atoms with Crippen LogP contribution in [0.2, 0.25) is 0 Å². The van der Waals surface area contributed by atoms with Crippen LogP contribution >= 0.6 is 51.2 Å². The van der Waals surface area contributed by atoms with Crippen molar-refractivity contribution in [1.82, 2.24) is 10.6 Å². The minimum absolute atomic E-state index is 0. The van der Waals surface area contributed by atoms with Crippen molar-refractivity contribution in [2.45, 2.75) is 19.9 Å². The summed E-state index contributed by atoms with van der Waals surface area (Å²) in [5.74, 6) is 1.53. The third-order valence-electron chi connectivity index (χ3n) is 4.64. The van der Waals surface area contributed by atoms with Crippen molar-refractivity contribution in [3.63, 3.8) is 0 Å². The van der Waals surface area contributed by atoms with Crippen molar-refractivity contribution in [2.75, 3.05) is 31.6 Å². The third kappa shape index (κ3) is 5.85. The summed E-state index contributed by atoms with van der Waals surface area (Å²) in [6.45, 7) is 6.15. The van der Waals surface area contributed by atoms with Gasteiger partial charge in [-0.2, -0.15) is 0 Å². The highest BCUT2D eigenvalue weighted by Gasteiger charge is 2.22. The number of nitrogens with one attached hydrogen (secondary N) is 2. The molecule has 1 aliphatic rings. The van der Waals surface area contributed by atoms with Crippen LogP contribution in [-0.4, -0.2) is 32.6 Å². The first-order chi connectivity index (χ1) is 12.2. The van der Waals surface area contributed by atoms with Crippen LogP contribution in [0.5, 0.6) is 0 Å². The summed E-state index contributed by atoms with van der Waals surface area (Å²) in [4.78, 5) is 8.17. The first kappa shape index (κ1) is 21.5. The molecule has 1 aliphatic heterocycles. The molecule has 0 bridgehead atoms. The van der Waals surface area contributed by atoms with Gasteiger partial charge in [0.05, 0.1) is 6.54 Å². The predicted octanol–water partition coefficient (Wildman–Crippen LogP) is 4.63. The van der Waals surface area contributed by atoms with Gasteiger partial charge in [-0.15, -0.1) is 35.3 Å². The first-order valence-corrected chi connectivity index (χ1v) is 10.3. The van der Waals surface area contributed by atoms with Gasteiger partial charge >= 0.3 is 0 Å². The molecular weight excluding hydrogens is 523 g/mol. The number of aryl methyl sites for hydroxylation is 1. The number of hydrogen-bond acceptors (Lipinski definition) is 3. The Labute approximate surface area is 185 Å². The molecule has 2 aromatic rings. The van der Waals surface area contributed by atoms with Crippen molar-refractivity contribution in [2.24, 2.45) is 10.9 Å². The Morgan fingerprint density at radius 3 is 2.69 bits per heavy atom. The molecule has 1 fully saturated rings. The number of guanidine groups is 1. The number of rotatable bonds is 5. The minimum Gasteiger partial charge on any atom is -0.371 e. The van der Waals surface area contributed by atoms with Gasteiger partial charge in [-0.3, -0.25) is 4.99 Å². The number of anilines is 1. The van der Waals surface area contributed by atoms with Crippen LogP contribution in [-0.2, 0) is 6.54 Å². The lowest BCUT2D eigenvalue weighted by Gasteiger charge is -2.19. The van der Waals surface area contributed by atoms with Crippen molar-refractivity contribution < 1.29 is 0 Å². The molecule has 7 heteroatoms. The molecule has 3 rings (SSSR count). The number of aliphatic imine (C=N–C) groups is 1. The van der Waals surface area contributed by atoms with Gasteiger partial charge in [0.2, 0.25) is 0 Å². The molecule has 1 unspecified atom stereocenters. The van der Waals surface area contributed by atoms with Crippen LogP contribution in [0, 0.1) is 12.8 Å². The zero-order valence-corrected chi connectivity index (χ0v) is 19.9. The average molecular weight is 549 g/mol. The van der Waals surface area contributed by atoms with E-state index in [-0.39, 0.29) is 24.0 Å². The molecule has 1 atom stereocenters. The van der Waals surface area contributed by atoms with Gasteiger partial charge in [-0.25, -0.2) is 0 Å². The summed E-state index contributed by atoms with van der Waals surface area (Å²) in [5, 5.41) is 9.04.